The Kier molecular flexibility index (Phi) is 4.10. The number of benzene rings is 2. The molecule has 0 radical (unpaired) electrons. The van der Waals surface area contributed by atoms with Crippen LogP contribution in [0.4, 0.5) is 5.69 Å². The van der Waals surface area contributed by atoms with E-state index in [1.165, 1.54) is 11.1 Å². The van der Waals surface area contributed by atoms with E-state index in [4.69, 9.17) is 0 Å². The highest BCUT2D eigenvalue weighted by molar-refractivity contribution is 5.48. The highest BCUT2D eigenvalue weighted by Crippen LogP contribution is 2.23. The third kappa shape index (κ3) is 3.28. The first-order chi connectivity index (χ1) is 9.10. The molecule has 0 unspecified atom stereocenters. The molecule has 0 fully saturated rings. The second-order valence-corrected chi connectivity index (χ2v) is 4.99. The lowest BCUT2D eigenvalue weighted by Gasteiger charge is -2.11. The molecule has 100 valence electrons. The maximum atomic E-state index is 9.76. The van der Waals surface area contributed by atoms with Crippen LogP contribution in [0, 0.1) is 13.8 Å². The van der Waals surface area contributed by atoms with Crippen LogP contribution in [0.3, 0.4) is 0 Å². The average molecular weight is 255 g/mol. The first kappa shape index (κ1) is 13.5. The van der Waals surface area contributed by atoms with E-state index < -0.39 is 0 Å². The highest BCUT2D eigenvalue weighted by atomic mass is 16.3. The highest BCUT2D eigenvalue weighted by Gasteiger charge is 2.03. The molecule has 2 rings (SSSR count). The third-order valence-electron chi connectivity index (χ3n) is 3.38. The summed E-state index contributed by atoms with van der Waals surface area (Å²) in [4.78, 5) is 0. The van der Waals surface area contributed by atoms with Crippen LogP contribution in [-0.4, -0.2) is 5.11 Å². The van der Waals surface area contributed by atoms with Crippen molar-refractivity contribution >= 4 is 5.69 Å². The maximum absolute atomic E-state index is 9.76. The standard InChI is InChI=1S/C17H21NO/c1-4-14-6-5-7-16(10-14)18-11-15-8-12(2)17(19)13(3)9-15/h5-10,18-19H,4,11H2,1-3H3. The van der Waals surface area contributed by atoms with Crippen molar-refractivity contribution in [3.8, 4) is 5.75 Å². The van der Waals surface area contributed by atoms with Gasteiger partial charge in [-0.1, -0.05) is 31.2 Å². The maximum Gasteiger partial charge on any atom is 0.121 e. The Hall–Kier alpha value is -1.96. The number of hydrogen-bond acceptors (Lipinski definition) is 2. The topological polar surface area (TPSA) is 32.3 Å². The van der Waals surface area contributed by atoms with Gasteiger partial charge in [0.1, 0.15) is 5.75 Å². The van der Waals surface area contributed by atoms with Crippen LogP contribution in [0.5, 0.6) is 5.75 Å². The van der Waals surface area contributed by atoms with Crippen LogP contribution in [0.2, 0.25) is 0 Å². The summed E-state index contributed by atoms with van der Waals surface area (Å²) in [6, 6.07) is 12.5. The number of phenols is 1. The van der Waals surface area contributed by atoms with Crippen molar-refractivity contribution in [2.45, 2.75) is 33.7 Å². The Bertz CT molecular complexity index is 552. The molecular formula is C17H21NO. The number of aryl methyl sites for hydroxylation is 3. The molecule has 0 heterocycles. The summed E-state index contributed by atoms with van der Waals surface area (Å²) in [5.41, 5.74) is 5.53. The zero-order chi connectivity index (χ0) is 13.8. The molecule has 2 heteroatoms. The van der Waals surface area contributed by atoms with Gasteiger partial charge < -0.3 is 10.4 Å². The summed E-state index contributed by atoms with van der Waals surface area (Å²) in [5.74, 6) is 0.400. The number of rotatable bonds is 4. The van der Waals surface area contributed by atoms with Gasteiger partial charge in [0.25, 0.3) is 0 Å². The molecule has 0 aliphatic heterocycles. The molecule has 0 amide bonds. The van der Waals surface area contributed by atoms with Gasteiger partial charge in [-0.05, 0) is 54.7 Å². The lowest BCUT2D eigenvalue weighted by Crippen LogP contribution is -2.00. The molecule has 0 saturated carbocycles. The zero-order valence-electron chi connectivity index (χ0n) is 11.8. The van der Waals surface area contributed by atoms with Crippen LogP contribution < -0.4 is 5.32 Å². The van der Waals surface area contributed by atoms with E-state index >= 15 is 0 Å². The van der Waals surface area contributed by atoms with Gasteiger partial charge in [0.05, 0.1) is 0 Å². The van der Waals surface area contributed by atoms with E-state index in [0.717, 1.165) is 29.8 Å². The number of nitrogens with one attached hydrogen (secondary N) is 1. The van der Waals surface area contributed by atoms with Gasteiger partial charge in [0.15, 0.2) is 0 Å². The zero-order valence-corrected chi connectivity index (χ0v) is 11.8. The van der Waals surface area contributed by atoms with Gasteiger partial charge >= 0.3 is 0 Å². The molecule has 2 N–H and O–H groups in total. The van der Waals surface area contributed by atoms with Crippen LogP contribution >= 0.6 is 0 Å². The van der Waals surface area contributed by atoms with Crippen molar-refractivity contribution in [2.24, 2.45) is 0 Å². The van der Waals surface area contributed by atoms with Gasteiger partial charge in [-0.3, -0.25) is 0 Å². The second-order valence-electron chi connectivity index (χ2n) is 4.99. The first-order valence-electron chi connectivity index (χ1n) is 6.72. The SMILES string of the molecule is CCc1cccc(NCc2cc(C)c(O)c(C)c2)c1. The van der Waals surface area contributed by atoms with Crippen molar-refractivity contribution in [1.82, 2.24) is 0 Å². The average Bonchev–Trinajstić information content (AvgIpc) is 2.42. The van der Waals surface area contributed by atoms with Gasteiger partial charge in [-0.15, -0.1) is 0 Å². The van der Waals surface area contributed by atoms with E-state index in [9.17, 15) is 5.11 Å². The third-order valence-corrected chi connectivity index (χ3v) is 3.38. The van der Waals surface area contributed by atoms with Crippen LogP contribution in [0.15, 0.2) is 36.4 Å². The Labute approximate surface area is 115 Å². The van der Waals surface area contributed by atoms with Crippen molar-refractivity contribution in [3.05, 3.63) is 58.7 Å². The molecule has 0 aliphatic rings. The molecule has 0 bridgehead atoms. The summed E-state index contributed by atoms with van der Waals surface area (Å²) in [7, 11) is 0. The Balaban J connectivity index is 2.10. The minimum absolute atomic E-state index is 0.400. The summed E-state index contributed by atoms with van der Waals surface area (Å²) in [6.07, 6.45) is 1.05. The number of aromatic hydroxyl groups is 1. The fourth-order valence-electron chi connectivity index (χ4n) is 2.25. The van der Waals surface area contributed by atoms with E-state index in [-0.39, 0.29) is 0 Å². The molecular weight excluding hydrogens is 234 g/mol. The van der Waals surface area contributed by atoms with Gasteiger partial charge in [0.2, 0.25) is 0 Å². The Morgan fingerprint density at radius 3 is 2.32 bits per heavy atom. The molecule has 0 atom stereocenters. The van der Waals surface area contributed by atoms with E-state index in [1.54, 1.807) is 0 Å². The molecule has 2 aromatic carbocycles. The van der Waals surface area contributed by atoms with Crippen molar-refractivity contribution < 1.29 is 5.11 Å². The summed E-state index contributed by atoms with van der Waals surface area (Å²) in [6.45, 7) is 6.80. The molecule has 2 aromatic rings. The van der Waals surface area contributed by atoms with Gasteiger partial charge in [-0.2, -0.15) is 0 Å². The monoisotopic (exact) mass is 255 g/mol. The fourth-order valence-corrected chi connectivity index (χ4v) is 2.25. The van der Waals surface area contributed by atoms with Crippen LogP contribution in [0.25, 0.3) is 0 Å². The quantitative estimate of drug-likeness (QED) is 0.858. The van der Waals surface area contributed by atoms with Crippen LogP contribution in [-0.2, 0) is 13.0 Å². The van der Waals surface area contributed by atoms with Gasteiger partial charge in [-0.25, -0.2) is 0 Å². The molecule has 0 spiro atoms. The Morgan fingerprint density at radius 1 is 1.00 bits per heavy atom. The van der Waals surface area contributed by atoms with Crippen molar-refractivity contribution in [3.63, 3.8) is 0 Å². The van der Waals surface area contributed by atoms with E-state index in [2.05, 4.69) is 36.5 Å². The molecule has 2 nitrogen and oxygen atoms in total. The molecule has 0 saturated heterocycles. The molecule has 0 aromatic heterocycles. The minimum atomic E-state index is 0.400. The van der Waals surface area contributed by atoms with Crippen molar-refractivity contribution in [1.29, 1.82) is 0 Å². The second kappa shape index (κ2) is 5.79. The smallest absolute Gasteiger partial charge is 0.121 e. The summed E-state index contributed by atoms with van der Waals surface area (Å²) < 4.78 is 0. The van der Waals surface area contributed by atoms with E-state index in [0.29, 0.717) is 5.75 Å². The minimum Gasteiger partial charge on any atom is -0.507 e. The van der Waals surface area contributed by atoms with Crippen LogP contribution in [0.1, 0.15) is 29.2 Å². The molecule has 0 aliphatic carbocycles. The van der Waals surface area contributed by atoms with Gasteiger partial charge in [0, 0.05) is 12.2 Å². The normalized spacial score (nSPS) is 10.5. The Morgan fingerprint density at radius 2 is 1.68 bits per heavy atom. The lowest BCUT2D eigenvalue weighted by atomic mass is 10.1. The molecule has 19 heavy (non-hydrogen) atoms. The first-order valence-corrected chi connectivity index (χ1v) is 6.72. The number of phenolic OH excluding ortho intramolecular Hbond substituents is 1. The van der Waals surface area contributed by atoms with E-state index in [1.807, 2.05) is 26.0 Å². The summed E-state index contributed by atoms with van der Waals surface area (Å²) >= 11 is 0. The van der Waals surface area contributed by atoms with Crippen molar-refractivity contribution in [2.75, 3.05) is 5.32 Å². The predicted octanol–water partition coefficient (Wildman–Crippen LogP) is 4.18. The largest absolute Gasteiger partial charge is 0.507 e. The number of anilines is 1. The predicted molar refractivity (Wildman–Crippen MR) is 80.7 cm³/mol. The number of hydrogen-bond donors (Lipinski definition) is 2. The summed E-state index contributed by atoms with van der Waals surface area (Å²) in [5, 5.41) is 13.2. The fraction of sp³-hybridized carbons (Fsp3) is 0.294. The lowest BCUT2D eigenvalue weighted by molar-refractivity contribution is 0.466.